The molecule has 1 N–H and O–H groups in total. The maximum Gasteiger partial charge on any atom is 0.230 e. The highest BCUT2D eigenvalue weighted by molar-refractivity contribution is 7.15. The number of nitrogens with one attached hydrogen (secondary N) is 1. The third-order valence-electron chi connectivity index (χ3n) is 2.63. The number of aromatic nitrogens is 2. The first-order chi connectivity index (χ1) is 8.69. The van der Waals surface area contributed by atoms with E-state index in [9.17, 15) is 4.79 Å². The average Bonchev–Trinajstić information content (AvgIpc) is 2.80. The van der Waals surface area contributed by atoms with Crippen molar-refractivity contribution in [1.82, 2.24) is 10.2 Å². The van der Waals surface area contributed by atoms with Gasteiger partial charge in [0.2, 0.25) is 11.0 Å². The van der Waals surface area contributed by atoms with Crippen molar-refractivity contribution in [3.05, 3.63) is 40.4 Å². The van der Waals surface area contributed by atoms with Crippen LogP contribution >= 0.6 is 11.3 Å². The lowest BCUT2D eigenvalue weighted by Gasteiger charge is -2.04. The van der Waals surface area contributed by atoms with Crippen LogP contribution in [0.25, 0.3) is 0 Å². The van der Waals surface area contributed by atoms with Crippen LogP contribution in [0.3, 0.4) is 0 Å². The lowest BCUT2D eigenvalue weighted by molar-refractivity contribution is -0.115. The Labute approximate surface area is 110 Å². The fraction of sp³-hybridized carbons (Fsp3) is 0.308. The van der Waals surface area contributed by atoms with E-state index >= 15 is 0 Å². The molecule has 0 unspecified atom stereocenters. The lowest BCUT2D eigenvalue weighted by atomic mass is 10.1. The number of amides is 1. The molecular weight excluding hydrogens is 246 g/mol. The van der Waals surface area contributed by atoms with E-state index in [0.717, 1.165) is 22.6 Å². The normalized spacial score (nSPS) is 10.3. The van der Waals surface area contributed by atoms with Crippen molar-refractivity contribution < 1.29 is 4.79 Å². The van der Waals surface area contributed by atoms with Gasteiger partial charge in [-0.2, -0.15) is 0 Å². The first-order valence-corrected chi connectivity index (χ1v) is 6.67. The Kier molecular flexibility index (Phi) is 4.04. The summed E-state index contributed by atoms with van der Waals surface area (Å²) in [5.41, 5.74) is 2.16. The fourth-order valence-electron chi connectivity index (χ4n) is 1.59. The summed E-state index contributed by atoms with van der Waals surface area (Å²) in [7, 11) is 0. The molecule has 0 bridgehead atoms. The Hall–Kier alpha value is -1.75. The van der Waals surface area contributed by atoms with Gasteiger partial charge in [-0.05, 0) is 24.5 Å². The summed E-state index contributed by atoms with van der Waals surface area (Å²) in [5.74, 6) is -0.0527. The summed E-state index contributed by atoms with van der Waals surface area (Å²) < 4.78 is 0. The maximum absolute atomic E-state index is 11.9. The summed E-state index contributed by atoms with van der Waals surface area (Å²) in [6.07, 6.45) is 1.21. The van der Waals surface area contributed by atoms with Crippen LogP contribution in [0.5, 0.6) is 0 Å². The van der Waals surface area contributed by atoms with Crippen molar-refractivity contribution in [3.63, 3.8) is 0 Å². The molecule has 94 valence electrons. The number of anilines is 1. The molecule has 1 heterocycles. The average molecular weight is 261 g/mol. The molecule has 0 saturated carbocycles. The van der Waals surface area contributed by atoms with Gasteiger partial charge in [0.05, 0.1) is 6.42 Å². The van der Waals surface area contributed by atoms with Crippen LogP contribution < -0.4 is 5.32 Å². The zero-order valence-electron chi connectivity index (χ0n) is 10.4. The molecule has 18 heavy (non-hydrogen) atoms. The van der Waals surface area contributed by atoms with Gasteiger partial charge in [0.1, 0.15) is 5.01 Å². The van der Waals surface area contributed by atoms with Gasteiger partial charge >= 0.3 is 0 Å². The minimum atomic E-state index is -0.0527. The van der Waals surface area contributed by atoms with Gasteiger partial charge in [0.15, 0.2) is 0 Å². The number of carbonyl (C=O) groups excluding carboxylic acids is 1. The Morgan fingerprint density at radius 1 is 1.33 bits per heavy atom. The van der Waals surface area contributed by atoms with Gasteiger partial charge in [-0.15, -0.1) is 10.2 Å². The number of hydrogen-bond donors (Lipinski definition) is 1. The van der Waals surface area contributed by atoms with Crippen LogP contribution in [0.1, 0.15) is 23.1 Å². The Balaban J connectivity index is 1.99. The van der Waals surface area contributed by atoms with Gasteiger partial charge in [0.25, 0.3) is 0 Å². The third-order valence-corrected chi connectivity index (χ3v) is 3.61. The Morgan fingerprint density at radius 2 is 2.11 bits per heavy atom. The molecule has 0 fully saturated rings. The Bertz CT molecular complexity index is 551. The molecule has 2 aromatic rings. The summed E-state index contributed by atoms with van der Waals surface area (Å²) in [4.78, 5) is 11.9. The minimum absolute atomic E-state index is 0.0527. The van der Waals surface area contributed by atoms with E-state index in [-0.39, 0.29) is 5.91 Å². The molecule has 1 aromatic carbocycles. The summed E-state index contributed by atoms with van der Waals surface area (Å²) in [6, 6.07) is 7.87. The van der Waals surface area contributed by atoms with Crippen LogP contribution in [0.2, 0.25) is 0 Å². The highest BCUT2D eigenvalue weighted by atomic mass is 32.1. The van der Waals surface area contributed by atoms with Crippen molar-refractivity contribution in [2.45, 2.75) is 26.7 Å². The monoisotopic (exact) mass is 261 g/mol. The molecule has 2 rings (SSSR count). The topological polar surface area (TPSA) is 54.9 Å². The second-order valence-electron chi connectivity index (χ2n) is 4.01. The molecule has 0 aliphatic rings. The molecule has 0 radical (unpaired) electrons. The van der Waals surface area contributed by atoms with E-state index in [1.165, 1.54) is 11.3 Å². The zero-order chi connectivity index (χ0) is 13.0. The third kappa shape index (κ3) is 3.13. The fourth-order valence-corrected chi connectivity index (χ4v) is 2.29. The molecular formula is C13H15N3OS. The second-order valence-corrected chi connectivity index (χ2v) is 5.07. The van der Waals surface area contributed by atoms with Crippen molar-refractivity contribution >= 4 is 22.4 Å². The SMILES string of the molecule is CCc1nnc(NC(=O)Cc2ccccc2C)s1. The summed E-state index contributed by atoms with van der Waals surface area (Å²) in [5, 5.41) is 12.2. The van der Waals surface area contributed by atoms with E-state index in [1.54, 1.807) is 0 Å². The second kappa shape index (κ2) is 5.73. The van der Waals surface area contributed by atoms with Gasteiger partial charge in [-0.25, -0.2) is 0 Å². The molecule has 4 nitrogen and oxygen atoms in total. The highest BCUT2D eigenvalue weighted by Crippen LogP contribution is 2.16. The predicted molar refractivity (Wildman–Crippen MR) is 72.8 cm³/mol. The molecule has 0 spiro atoms. The number of aryl methyl sites for hydroxylation is 2. The standard InChI is InChI=1S/C13H15N3OS/c1-3-12-15-16-13(18-12)14-11(17)8-10-7-5-4-6-9(10)2/h4-7H,3,8H2,1-2H3,(H,14,16,17). The van der Waals surface area contributed by atoms with Crippen LogP contribution in [0.15, 0.2) is 24.3 Å². The summed E-state index contributed by atoms with van der Waals surface area (Å²) in [6.45, 7) is 4.02. The number of rotatable bonds is 4. The minimum Gasteiger partial charge on any atom is -0.300 e. The van der Waals surface area contributed by atoms with Crippen molar-refractivity contribution in [1.29, 1.82) is 0 Å². The largest absolute Gasteiger partial charge is 0.300 e. The predicted octanol–water partition coefficient (Wildman–Crippen LogP) is 2.59. The molecule has 5 heteroatoms. The van der Waals surface area contributed by atoms with Crippen LogP contribution in [-0.4, -0.2) is 16.1 Å². The van der Waals surface area contributed by atoms with Crippen molar-refractivity contribution in [3.8, 4) is 0 Å². The van der Waals surface area contributed by atoms with Crippen LogP contribution in [0, 0.1) is 6.92 Å². The van der Waals surface area contributed by atoms with Gasteiger partial charge < -0.3 is 5.32 Å². The zero-order valence-corrected chi connectivity index (χ0v) is 11.3. The van der Waals surface area contributed by atoms with E-state index in [4.69, 9.17) is 0 Å². The van der Waals surface area contributed by atoms with Crippen LogP contribution in [-0.2, 0) is 17.6 Å². The molecule has 1 aromatic heterocycles. The molecule has 0 atom stereocenters. The van der Waals surface area contributed by atoms with Gasteiger partial charge in [-0.1, -0.05) is 42.5 Å². The van der Waals surface area contributed by atoms with Gasteiger partial charge in [0, 0.05) is 0 Å². The van der Waals surface area contributed by atoms with Crippen molar-refractivity contribution in [2.75, 3.05) is 5.32 Å². The van der Waals surface area contributed by atoms with Gasteiger partial charge in [-0.3, -0.25) is 4.79 Å². The molecule has 0 saturated heterocycles. The number of nitrogens with zero attached hydrogens (tertiary/aromatic N) is 2. The molecule has 0 aliphatic carbocycles. The first-order valence-electron chi connectivity index (χ1n) is 5.85. The van der Waals surface area contributed by atoms with E-state index in [2.05, 4.69) is 15.5 Å². The number of hydrogen-bond acceptors (Lipinski definition) is 4. The lowest BCUT2D eigenvalue weighted by Crippen LogP contribution is -2.14. The quantitative estimate of drug-likeness (QED) is 0.920. The number of carbonyl (C=O) groups is 1. The Morgan fingerprint density at radius 3 is 2.78 bits per heavy atom. The van der Waals surface area contributed by atoms with E-state index in [0.29, 0.717) is 11.6 Å². The van der Waals surface area contributed by atoms with E-state index in [1.807, 2.05) is 38.1 Å². The maximum atomic E-state index is 11.9. The van der Waals surface area contributed by atoms with Crippen LogP contribution in [0.4, 0.5) is 5.13 Å². The smallest absolute Gasteiger partial charge is 0.230 e. The molecule has 0 aliphatic heterocycles. The van der Waals surface area contributed by atoms with Crippen molar-refractivity contribution in [2.24, 2.45) is 0 Å². The summed E-state index contributed by atoms with van der Waals surface area (Å²) >= 11 is 1.42. The highest BCUT2D eigenvalue weighted by Gasteiger charge is 2.09. The molecule has 1 amide bonds. The number of benzene rings is 1. The first kappa shape index (κ1) is 12.7. The van der Waals surface area contributed by atoms with E-state index < -0.39 is 0 Å².